The number of anilines is 1. The molecule has 1 aromatic heterocycles. The number of hydrogen-bond acceptors (Lipinski definition) is 6. The first-order valence-corrected chi connectivity index (χ1v) is 12.0. The van der Waals surface area contributed by atoms with Crippen LogP contribution in [0.25, 0.3) is 0 Å². The Kier molecular flexibility index (Phi) is 9.12. The fourth-order valence-corrected chi connectivity index (χ4v) is 4.39. The number of rotatable bonds is 8. The van der Waals surface area contributed by atoms with Gasteiger partial charge in [0.1, 0.15) is 12.4 Å². The van der Waals surface area contributed by atoms with E-state index < -0.39 is 11.6 Å². The molecule has 1 aliphatic rings. The van der Waals surface area contributed by atoms with Crippen LogP contribution in [0.15, 0.2) is 41.0 Å². The van der Waals surface area contributed by atoms with Crippen molar-refractivity contribution >= 4 is 63.4 Å². The molecule has 1 saturated heterocycles. The van der Waals surface area contributed by atoms with Gasteiger partial charge in [0.05, 0.1) is 22.1 Å². The lowest BCUT2D eigenvalue weighted by atomic mass is 9.86. The predicted molar refractivity (Wildman–Crippen MR) is 133 cm³/mol. The van der Waals surface area contributed by atoms with Crippen molar-refractivity contribution in [3.05, 3.63) is 56.6 Å². The zero-order chi connectivity index (χ0) is 24.7. The van der Waals surface area contributed by atoms with Crippen molar-refractivity contribution in [2.45, 2.75) is 24.9 Å². The van der Waals surface area contributed by atoms with Gasteiger partial charge in [0.2, 0.25) is 12.3 Å². The van der Waals surface area contributed by atoms with Gasteiger partial charge >= 0.3 is 6.09 Å². The van der Waals surface area contributed by atoms with Gasteiger partial charge in [0, 0.05) is 30.3 Å². The molecular weight excluding hydrogens is 549 g/mol. The second-order valence-corrected chi connectivity index (χ2v) is 9.52. The lowest BCUT2D eigenvalue weighted by molar-refractivity contribution is -0.137. The van der Waals surface area contributed by atoms with Crippen molar-refractivity contribution in [2.75, 3.05) is 31.6 Å². The second kappa shape index (κ2) is 11.8. The number of nitrogens with two attached hydrogens (primary N) is 1. The average Bonchev–Trinajstić information content (AvgIpc) is 2.85. The molecule has 0 saturated carbocycles. The van der Waals surface area contributed by atoms with Crippen LogP contribution in [-0.2, 0) is 20.9 Å². The minimum Gasteiger partial charge on any atom is -0.447 e. The molecule has 34 heavy (non-hydrogen) atoms. The van der Waals surface area contributed by atoms with Gasteiger partial charge in [-0.3, -0.25) is 14.9 Å². The van der Waals surface area contributed by atoms with Gasteiger partial charge in [-0.25, -0.2) is 9.78 Å². The highest BCUT2D eigenvalue weighted by Crippen LogP contribution is 2.33. The molecular formula is C22H24BrCl2N5O4. The Labute approximate surface area is 215 Å². The number of carbonyl (C=O) groups excluding carboxylic acids is 3. The van der Waals surface area contributed by atoms with Crippen molar-refractivity contribution in [2.24, 2.45) is 5.73 Å². The van der Waals surface area contributed by atoms with Crippen LogP contribution in [0.2, 0.25) is 10.0 Å². The Hall–Kier alpha value is -2.40. The summed E-state index contributed by atoms with van der Waals surface area (Å²) in [6, 6.07) is 8.54. The molecule has 1 aromatic carbocycles. The molecule has 0 aliphatic carbocycles. The third kappa shape index (κ3) is 6.38. The minimum atomic E-state index is -0.858. The van der Waals surface area contributed by atoms with Crippen LogP contribution >= 0.6 is 39.1 Å². The molecule has 0 bridgehead atoms. The maximum Gasteiger partial charge on any atom is 0.412 e. The number of piperidine rings is 1. The largest absolute Gasteiger partial charge is 0.447 e. The fourth-order valence-electron chi connectivity index (χ4n) is 3.78. The number of halogens is 3. The molecule has 1 aliphatic heterocycles. The molecule has 9 nitrogen and oxygen atoms in total. The minimum absolute atomic E-state index is 0.0864. The van der Waals surface area contributed by atoms with E-state index >= 15 is 0 Å². The van der Waals surface area contributed by atoms with Gasteiger partial charge in [-0.05, 0) is 52.5 Å². The van der Waals surface area contributed by atoms with Crippen LogP contribution in [0.1, 0.15) is 18.4 Å². The summed E-state index contributed by atoms with van der Waals surface area (Å²) in [6.45, 7) is 0.706. The van der Waals surface area contributed by atoms with Gasteiger partial charge in [0.15, 0.2) is 0 Å². The van der Waals surface area contributed by atoms with Gasteiger partial charge in [0.25, 0.3) is 0 Å². The number of benzene rings is 1. The first-order chi connectivity index (χ1) is 16.3. The van der Waals surface area contributed by atoms with Crippen LogP contribution in [0.5, 0.6) is 0 Å². The van der Waals surface area contributed by atoms with Gasteiger partial charge in [-0.2, -0.15) is 0 Å². The van der Waals surface area contributed by atoms with Crippen molar-refractivity contribution in [3.8, 4) is 0 Å². The van der Waals surface area contributed by atoms with E-state index in [0.717, 1.165) is 4.47 Å². The van der Waals surface area contributed by atoms with Crippen LogP contribution < -0.4 is 11.1 Å². The van der Waals surface area contributed by atoms with E-state index in [1.807, 2.05) is 0 Å². The lowest BCUT2D eigenvalue weighted by Gasteiger charge is -2.47. The summed E-state index contributed by atoms with van der Waals surface area (Å²) in [5.74, 6) is 0.146. The zero-order valence-corrected chi connectivity index (χ0v) is 21.3. The van der Waals surface area contributed by atoms with E-state index in [4.69, 9.17) is 33.7 Å². The summed E-state index contributed by atoms with van der Waals surface area (Å²) in [6.07, 6.45) is 2.32. The second-order valence-electron chi connectivity index (χ2n) is 7.82. The third-order valence-corrected chi connectivity index (χ3v) is 7.09. The SMILES string of the molecule is NCC(=O)N1CCC(COC(=O)Nc2ccc(Br)cn2)(N(C=O)Cc2cccc(Cl)c2Cl)CC1. The predicted octanol–water partition coefficient (Wildman–Crippen LogP) is 3.68. The maximum atomic E-state index is 12.5. The van der Waals surface area contributed by atoms with Crippen LogP contribution in [0.3, 0.4) is 0 Å². The standard InChI is InChI=1S/C22H24BrCl2N5O4/c23-16-4-5-18(27-11-16)28-21(33)34-13-22(6-8-29(9-7-22)19(32)10-26)30(14-31)12-15-2-1-3-17(24)20(15)25/h1-5,11,14H,6-10,12-13,26H2,(H,27,28,33). The summed E-state index contributed by atoms with van der Waals surface area (Å²) in [5, 5.41) is 3.29. The van der Waals surface area contributed by atoms with Crippen molar-refractivity contribution in [1.29, 1.82) is 0 Å². The van der Waals surface area contributed by atoms with Crippen molar-refractivity contribution < 1.29 is 19.1 Å². The van der Waals surface area contributed by atoms with Gasteiger partial charge < -0.3 is 20.3 Å². The number of nitrogens with one attached hydrogen (secondary N) is 1. The van der Waals surface area contributed by atoms with Crippen molar-refractivity contribution in [3.63, 3.8) is 0 Å². The molecule has 1 fully saturated rings. The Balaban J connectivity index is 1.78. The summed E-state index contributed by atoms with van der Waals surface area (Å²) < 4.78 is 6.30. The molecule has 182 valence electrons. The van der Waals surface area contributed by atoms with E-state index in [-0.39, 0.29) is 25.6 Å². The molecule has 0 spiro atoms. The number of amides is 3. The lowest BCUT2D eigenvalue weighted by Crippen LogP contribution is -2.59. The normalized spacial score (nSPS) is 14.9. The number of hydrogen-bond donors (Lipinski definition) is 2. The van der Waals surface area contributed by atoms with E-state index in [0.29, 0.717) is 53.8 Å². The van der Waals surface area contributed by atoms with Gasteiger partial charge in [-0.1, -0.05) is 35.3 Å². The highest BCUT2D eigenvalue weighted by molar-refractivity contribution is 9.10. The van der Waals surface area contributed by atoms with E-state index in [9.17, 15) is 14.4 Å². The topological polar surface area (TPSA) is 118 Å². The highest BCUT2D eigenvalue weighted by Gasteiger charge is 2.42. The van der Waals surface area contributed by atoms with E-state index in [1.165, 1.54) is 0 Å². The van der Waals surface area contributed by atoms with Crippen LogP contribution in [0.4, 0.5) is 10.6 Å². The molecule has 2 heterocycles. The smallest absolute Gasteiger partial charge is 0.412 e. The number of ether oxygens (including phenoxy) is 1. The average molecular weight is 573 g/mol. The maximum absolute atomic E-state index is 12.5. The molecule has 0 radical (unpaired) electrons. The Morgan fingerprint density at radius 1 is 1.26 bits per heavy atom. The summed E-state index contributed by atoms with van der Waals surface area (Å²) in [5.41, 5.74) is 5.30. The summed E-state index contributed by atoms with van der Waals surface area (Å²) in [7, 11) is 0. The Morgan fingerprint density at radius 3 is 2.62 bits per heavy atom. The van der Waals surface area contributed by atoms with Crippen LogP contribution in [-0.4, -0.2) is 65.0 Å². The van der Waals surface area contributed by atoms with E-state index in [1.54, 1.807) is 46.3 Å². The van der Waals surface area contributed by atoms with Gasteiger partial charge in [-0.15, -0.1) is 0 Å². The summed E-state index contributed by atoms with van der Waals surface area (Å²) >= 11 is 15.8. The molecule has 3 amide bonds. The Bertz CT molecular complexity index is 1030. The first kappa shape index (κ1) is 26.2. The zero-order valence-electron chi connectivity index (χ0n) is 18.2. The Morgan fingerprint density at radius 2 is 2.00 bits per heavy atom. The fraction of sp³-hybridized carbons (Fsp3) is 0.364. The summed E-state index contributed by atoms with van der Waals surface area (Å²) in [4.78, 5) is 44.0. The molecule has 3 N–H and O–H groups in total. The highest BCUT2D eigenvalue weighted by atomic mass is 79.9. The number of likely N-dealkylation sites (tertiary alicyclic amines) is 1. The van der Waals surface area contributed by atoms with E-state index in [2.05, 4.69) is 26.2 Å². The molecule has 0 atom stereocenters. The van der Waals surface area contributed by atoms with Crippen LogP contribution in [0, 0.1) is 0 Å². The number of nitrogens with zero attached hydrogens (tertiary/aromatic N) is 3. The molecule has 0 unspecified atom stereocenters. The molecule has 2 aromatic rings. The molecule has 3 rings (SSSR count). The number of aromatic nitrogens is 1. The first-order valence-electron chi connectivity index (χ1n) is 10.5. The number of pyridine rings is 1. The number of carbonyl (C=O) groups is 3. The monoisotopic (exact) mass is 571 g/mol. The quantitative estimate of drug-likeness (QED) is 0.466. The van der Waals surface area contributed by atoms with Crippen molar-refractivity contribution in [1.82, 2.24) is 14.8 Å². The third-order valence-electron chi connectivity index (χ3n) is 5.76. The molecule has 12 heteroatoms.